The third kappa shape index (κ3) is 5.77. The van der Waals surface area contributed by atoms with E-state index in [-0.39, 0.29) is 41.5 Å². The number of rotatable bonds is 7. The van der Waals surface area contributed by atoms with Gasteiger partial charge in [-0.1, -0.05) is 55.5 Å². The van der Waals surface area contributed by atoms with Crippen LogP contribution >= 0.6 is 0 Å². The van der Waals surface area contributed by atoms with Crippen LogP contribution < -0.4 is 4.74 Å². The van der Waals surface area contributed by atoms with Gasteiger partial charge in [-0.05, 0) is 43.0 Å². The Morgan fingerprint density at radius 3 is 2.51 bits per heavy atom. The molecule has 0 radical (unpaired) electrons. The van der Waals surface area contributed by atoms with Crippen LogP contribution in [0.4, 0.5) is 0 Å². The van der Waals surface area contributed by atoms with E-state index in [4.69, 9.17) is 4.74 Å². The summed E-state index contributed by atoms with van der Waals surface area (Å²) in [6.07, 6.45) is 5.31. The summed E-state index contributed by atoms with van der Waals surface area (Å²) < 4.78 is 34.9. The van der Waals surface area contributed by atoms with E-state index in [0.717, 1.165) is 24.0 Å². The summed E-state index contributed by atoms with van der Waals surface area (Å²) in [4.78, 5) is 14.4. The molecule has 1 aliphatic carbocycles. The minimum Gasteiger partial charge on any atom is -0.487 e. The maximum atomic E-state index is 13.6. The van der Waals surface area contributed by atoms with Crippen molar-refractivity contribution in [1.82, 2.24) is 9.21 Å². The SMILES string of the molecule is C[C@@H]1CN([C@@H](C)CO)S(=O)(=O)c2ccc(/C=C/c3ccccc3)cc2O[C@@H]1CN(C)C(=O)C1CC1. The molecule has 1 saturated carbocycles. The van der Waals surface area contributed by atoms with Gasteiger partial charge in [-0.25, -0.2) is 8.42 Å². The first-order chi connectivity index (χ1) is 16.7. The molecule has 2 aromatic carbocycles. The third-order valence-electron chi connectivity index (χ3n) is 6.72. The predicted octanol–water partition coefficient (Wildman–Crippen LogP) is 3.49. The number of carbonyl (C=O) groups is 1. The number of ether oxygens (including phenoxy) is 1. The largest absolute Gasteiger partial charge is 0.487 e. The van der Waals surface area contributed by atoms with E-state index in [1.54, 1.807) is 37.1 Å². The summed E-state index contributed by atoms with van der Waals surface area (Å²) in [7, 11) is -2.12. The number of nitrogens with zero attached hydrogens (tertiary/aromatic N) is 2. The molecule has 0 spiro atoms. The van der Waals surface area contributed by atoms with Crippen molar-refractivity contribution in [3.05, 3.63) is 59.7 Å². The lowest BCUT2D eigenvalue weighted by Gasteiger charge is -2.37. The Kier molecular flexibility index (Phi) is 7.64. The molecule has 0 bridgehead atoms. The van der Waals surface area contributed by atoms with Crippen molar-refractivity contribution in [1.29, 1.82) is 0 Å². The number of carbonyl (C=O) groups excluding carboxylic acids is 1. The normalized spacial score (nSPS) is 23.1. The van der Waals surface area contributed by atoms with E-state index in [1.807, 2.05) is 49.4 Å². The van der Waals surface area contributed by atoms with Crippen molar-refractivity contribution in [2.75, 3.05) is 26.7 Å². The highest BCUT2D eigenvalue weighted by molar-refractivity contribution is 7.89. The van der Waals surface area contributed by atoms with Crippen LogP contribution in [0.25, 0.3) is 12.2 Å². The lowest BCUT2D eigenvalue weighted by atomic mass is 10.0. The second-order valence-corrected chi connectivity index (χ2v) is 11.5. The highest BCUT2D eigenvalue weighted by atomic mass is 32.2. The van der Waals surface area contributed by atoms with E-state index in [2.05, 4.69) is 0 Å². The van der Waals surface area contributed by atoms with Gasteiger partial charge in [-0.2, -0.15) is 4.31 Å². The zero-order chi connectivity index (χ0) is 25.2. The molecule has 4 rings (SSSR count). The number of hydrogen-bond acceptors (Lipinski definition) is 5. The Morgan fingerprint density at radius 2 is 1.86 bits per heavy atom. The first kappa shape index (κ1) is 25.4. The Balaban J connectivity index is 1.70. The zero-order valence-electron chi connectivity index (χ0n) is 20.5. The quantitative estimate of drug-likeness (QED) is 0.591. The van der Waals surface area contributed by atoms with Crippen molar-refractivity contribution in [2.24, 2.45) is 11.8 Å². The van der Waals surface area contributed by atoms with Gasteiger partial charge in [-0.3, -0.25) is 4.79 Å². The Morgan fingerprint density at radius 1 is 1.17 bits per heavy atom. The average Bonchev–Trinajstić information content (AvgIpc) is 3.70. The number of sulfonamides is 1. The van der Waals surface area contributed by atoms with Gasteiger partial charge >= 0.3 is 0 Å². The fourth-order valence-electron chi connectivity index (χ4n) is 4.32. The fourth-order valence-corrected chi connectivity index (χ4v) is 6.15. The van der Waals surface area contributed by atoms with Crippen molar-refractivity contribution in [3.8, 4) is 5.75 Å². The third-order valence-corrected chi connectivity index (χ3v) is 8.74. The minimum absolute atomic E-state index is 0.0720. The second kappa shape index (κ2) is 10.5. The number of hydrogen-bond donors (Lipinski definition) is 1. The molecule has 188 valence electrons. The van der Waals surface area contributed by atoms with Gasteiger partial charge in [0.25, 0.3) is 0 Å². The molecule has 0 unspecified atom stereocenters. The molecule has 7 nitrogen and oxygen atoms in total. The van der Waals surface area contributed by atoms with E-state index >= 15 is 0 Å². The van der Waals surface area contributed by atoms with Crippen LogP contribution in [-0.2, 0) is 14.8 Å². The monoisotopic (exact) mass is 498 g/mol. The summed E-state index contributed by atoms with van der Waals surface area (Å²) in [5, 5.41) is 9.79. The van der Waals surface area contributed by atoms with Gasteiger partial charge in [0.1, 0.15) is 16.7 Å². The molecule has 0 aromatic heterocycles. The average molecular weight is 499 g/mol. The lowest BCUT2D eigenvalue weighted by Crippen LogP contribution is -2.50. The molecule has 8 heteroatoms. The van der Waals surface area contributed by atoms with Crippen molar-refractivity contribution < 1.29 is 23.1 Å². The number of fused-ring (bicyclic) bond motifs is 1. The molecule has 2 aliphatic rings. The molecule has 3 atom stereocenters. The molecular weight excluding hydrogens is 464 g/mol. The number of likely N-dealkylation sites (N-methyl/N-ethyl adjacent to an activating group) is 1. The van der Waals surface area contributed by atoms with Gasteiger partial charge in [0.05, 0.1) is 13.2 Å². The maximum Gasteiger partial charge on any atom is 0.247 e. The van der Waals surface area contributed by atoms with Crippen LogP contribution in [0.2, 0.25) is 0 Å². The van der Waals surface area contributed by atoms with Crippen molar-refractivity contribution in [3.63, 3.8) is 0 Å². The van der Waals surface area contributed by atoms with Gasteiger partial charge < -0.3 is 14.7 Å². The number of amides is 1. The Labute approximate surface area is 208 Å². The summed E-state index contributed by atoms with van der Waals surface area (Å²) in [5.74, 6) is 0.261. The fraction of sp³-hybridized carbons (Fsp3) is 0.444. The van der Waals surface area contributed by atoms with Crippen LogP contribution in [0.3, 0.4) is 0 Å². The van der Waals surface area contributed by atoms with Gasteiger partial charge in [0.15, 0.2) is 0 Å². The van der Waals surface area contributed by atoms with Crippen LogP contribution in [0.5, 0.6) is 5.75 Å². The van der Waals surface area contributed by atoms with E-state index in [0.29, 0.717) is 6.54 Å². The van der Waals surface area contributed by atoms with Crippen molar-refractivity contribution >= 4 is 28.1 Å². The zero-order valence-corrected chi connectivity index (χ0v) is 21.3. The minimum atomic E-state index is -3.90. The summed E-state index contributed by atoms with van der Waals surface area (Å²) in [5.41, 5.74) is 1.83. The highest BCUT2D eigenvalue weighted by Crippen LogP contribution is 2.35. The molecule has 2 aromatic rings. The lowest BCUT2D eigenvalue weighted by molar-refractivity contribution is -0.132. The smallest absolute Gasteiger partial charge is 0.247 e. The Bertz CT molecular complexity index is 1180. The molecule has 1 heterocycles. The number of aliphatic hydroxyl groups excluding tert-OH is 1. The van der Waals surface area contributed by atoms with Gasteiger partial charge in [0, 0.05) is 31.5 Å². The summed E-state index contributed by atoms with van der Waals surface area (Å²) in [6.45, 7) is 3.89. The number of aliphatic hydroxyl groups is 1. The molecular formula is C27H34N2O5S. The summed E-state index contributed by atoms with van der Waals surface area (Å²) >= 11 is 0. The van der Waals surface area contributed by atoms with Gasteiger partial charge in [-0.15, -0.1) is 0 Å². The first-order valence-corrected chi connectivity index (χ1v) is 13.6. The highest BCUT2D eigenvalue weighted by Gasteiger charge is 2.39. The van der Waals surface area contributed by atoms with Crippen LogP contribution in [0, 0.1) is 11.8 Å². The maximum absolute atomic E-state index is 13.6. The van der Waals surface area contributed by atoms with Crippen molar-refractivity contribution in [2.45, 2.75) is 43.7 Å². The second-order valence-electron chi connectivity index (χ2n) is 9.68. The predicted molar refractivity (Wildman–Crippen MR) is 136 cm³/mol. The van der Waals surface area contributed by atoms with E-state index in [1.165, 1.54) is 4.31 Å². The summed E-state index contributed by atoms with van der Waals surface area (Å²) in [6, 6.07) is 14.3. The van der Waals surface area contributed by atoms with Crippen LogP contribution in [0.15, 0.2) is 53.4 Å². The first-order valence-electron chi connectivity index (χ1n) is 12.1. The Hall–Kier alpha value is -2.68. The molecule has 1 N–H and O–H groups in total. The van der Waals surface area contributed by atoms with Crippen LogP contribution in [0.1, 0.15) is 37.8 Å². The van der Waals surface area contributed by atoms with E-state index in [9.17, 15) is 18.3 Å². The standard InChI is InChI=1S/C27H34N2O5S/c1-19-16-29(20(2)18-30)35(32,33)26-14-11-22(10-9-21-7-5-4-6-8-21)15-24(26)34-25(19)17-28(3)27(31)23-12-13-23/h4-11,14-15,19-20,23,25,30H,12-13,16-18H2,1-3H3/b10-9+/t19-,20+,25-/m1/s1. The molecule has 1 amide bonds. The van der Waals surface area contributed by atoms with E-state index < -0.39 is 22.2 Å². The van der Waals surface area contributed by atoms with Gasteiger partial charge in [0.2, 0.25) is 15.9 Å². The number of benzene rings is 2. The molecule has 0 saturated heterocycles. The molecule has 35 heavy (non-hydrogen) atoms. The van der Waals surface area contributed by atoms with Crippen LogP contribution in [-0.4, -0.2) is 67.5 Å². The topological polar surface area (TPSA) is 87.2 Å². The molecule has 1 aliphatic heterocycles. The molecule has 1 fully saturated rings.